The summed E-state index contributed by atoms with van der Waals surface area (Å²) < 4.78 is 2.13. The van der Waals surface area contributed by atoms with Gasteiger partial charge in [-0.25, -0.2) is 0 Å². The lowest BCUT2D eigenvalue weighted by atomic mass is 9.96. The molecule has 1 saturated carbocycles. The number of aliphatic hydroxyl groups is 1. The zero-order valence-electron chi connectivity index (χ0n) is 10.9. The molecule has 1 aliphatic carbocycles. The molecule has 1 aliphatic heterocycles. The van der Waals surface area contributed by atoms with Crippen LogP contribution in [0.25, 0.3) is 0 Å². The summed E-state index contributed by atoms with van der Waals surface area (Å²) in [6.45, 7) is 1.61. The number of hydrogen-bond donors (Lipinski definition) is 2. The molecule has 2 fully saturated rings. The Morgan fingerprint density at radius 3 is 2.94 bits per heavy atom. The van der Waals surface area contributed by atoms with Gasteiger partial charge in [0, 0.05) is 19.2 Å². The normalized spacial score (nSPS) is 29.8. The van der Waals surface area contributed by atoms with Crippen molar-refractivity contribution in [1.29, 1.82) is 0 Å². The van der Waals surface area contributed by atoms with Gasteiger partial charge in [-0.3, -0.25) is 4.68 Å². The average molecular weight is 249 g/mol. The molecule has 1 unspecified atom stereocenters. The Morgan fingerprint density at radius 1 is 1.39 bits per heavy atom. The first-order chi connectivity index (χ1) is 8.75. The summed E-state index contributed by atoms with van der Waals surface area (Å²) in [5, 5.41) is 18.2. The molecule has 0 spiro atoms. The summed E-state index contributed by atoms with van der Waals surface area (Å²) in [5.74, 6) is 0. The van der Waals surface area contributed by atoms with Crippen LogP contribution in [0, 0.1) is 0 Å². The van der Waals surface area contributed by atoms with E-state index in [2.05, 4.69) is 27.4 Å². The van der Waals surface area contributed by atoms with Crippen molar-refractivity contribution < 1.29 is 5.11 Å². The van der Waals surface area contributed by atoms with E-state index in [0.29, 0.717) is 19.0 Å². The van der Waals surface area contributed by atoms with Crippen LogP contribution in [0.2, 0.25) is 0 Å². The predicted molar refractivity (Wildman–Crippen MR) is 70.5 cm³/mol. The van der Waals surface area contributed by atoms with Gasteiger partial charge in [0.2, 0.25) is 0 Å². The van der Waals surface area contributed by atoms with Crippen molar-refractivity contribution >= 4 is 0 Å². The minimum absolute atomic E-state index is 0.578. The van der Waals surface area contributed by atoms with Gasteiger partial charge in [0.1, 0.15) is 0 Å². The van der Waals surface area contributed by atoms with Crippen molar-refractivity contribution in [3.8, 4) is 0 Å². The van der Waals surface area contributed by atoms with Crippen molar-refractivity contribution in [3.05, 3.63) is 18.0 Å². The van der Waals surface area contributed by atoms with Gasteiger partial charge in [-0.05, 0) is 31.9 Å². The zero-order valence-corrected chi connectivity index (χ0v) is 10.9. The van der Waals surface area contributed by atoms with Gasteiger partial charge in [0.25, 0.3) is 0 Å². The molecule has 4 nitrogen and oxygen atoms in total. The summed E-state index contributed by atoms with van der Waals surface area (Å²) in [4.78, 5) is 0. The van der Waals surface area contributed by atoms with Crippen LogP contribution in [0.4, 0.5) is 0 Å². The highest BCUT2D eigenvalue weighted by molar-refractivity contribution is 5.07. The molecule has 0 radical (unpaired) electrons. The van der Waals surface area contributed by atoms with E-state index in [-0.39, 0.29) is 0 Å². The lowest BCUT2D eigenvalue weighted by Crippen LogP contribution is -2.34. The van der Waals surface area contributed by atoms with E-state index in [9.17, 15) is 5.11 Å². The zero-order chi connectivity index (χ0) is 12.4. The van der Waals surface area contributed by atoms with E-state index < -0.39 is 5.60 Å². The molecule has 2 aliphatic rings. The van der Waals surface area contributed by atoms with Gasteiger partial charge in [0.15, 0.2) is 0 Å². The molecule has 1 aromatic rings. The van der Waals surface area contributed by atoms with Gasteiger partial charge < -0.3 is 10.4 Å². The highest BCUT2D eigenvalue weighted by Gasteiger charge is 2.32. The Labute approximate surface area is 108 Å². The summed E-state index contributed by atoms with van der Waals surface area (Å²) in [5.41, 5.74) is 0.456. The fourth-order valence-corrected chi connectivity index (χ4v) is 3.24. The van der Waals surface area contributed by atoms with Crippen molar-refractivity contribution in [3.63, 3.8) is 0 Å². The fraction of sp³-hybridized carbons (Fsp3) is 0.786. The average Bonchev–Trinajstić information content (AvgIpc) is 3.00. The van der Waals surface area contributed by atoms with Gasteiger partial charge in [-0.15, -0.1) is 0 Å². The Kier molecular flexibility index (Phi) is 3.39. The summed E-state index contributed by atoms with van der Waals surface area (Å²) in [6.07, 6.45) is 10.2. The quantitative estimate of drug-likeness (QED) is 0.856. The first-order valence-corrected chi connectivity index (χ1v) is 7.22. The summed E-state index contributed by atoms with van der Waals surface area (Å²) in [6, 6.07) is 2.66. The van der Waals surface area contributed by atoms with Crippen molar-refractivity contribution in [2.45, 2.75) is 56.6 Å². The highest BCUT2D eigenvalue weighted by Crippen LogP contribution is 2.28. The third-order valence-electron chi connectivity index (χ3n) is 4.34. The van der Waals surface area contributed by atoms with Crippen LogP contribution in [0.15, 0.2) is 12.3 Å². The standard InChI is InChI=1S/C14H23N3O/c18-14(7-8-15-11-14)10-12-6-9-17(16-12)13-4-2-1-3-5-13/h6,9,13,15,18H,1-5,7-8,10-11H2. The first-order valence-electron chi connectivity index (χ1n) is 7.22. The van der Waals surface area contributed by atoms with E-state index in [1.54, 1.807) is 0 Å². The van der Waals surface area contributed by atoms with Crippen LogP contribution >= 0.6 is 0 Å². The highest BCUT2D eigenvalue weighted by atomic mass is 16.3. The van der Waals surface area contributed by atoms with Crippen LogP contribution in [0.3, 0.4) is 0 Å². The van der Waals surface area contributed by atoms with Crippen molar-refractivity contribution in [2.24, 2.45) is 0 Å². The topological polar surface area (TPSA) is 50.1 Å². The molecule has 2 heterocycles. The van der Waals surface area contributed by atoms with Gasteiger partial charge >= 0.3 is 0 Å². The van der Waals surface area contributed by atoms with E-state index in [1.807, 2.05) is 0 Å². The van der Waals surface area contributed by atoms with Crippen molar-refractivity contribution in [2.75, 3.05) is 13.1 Å². The summed E-state index contributed by atoms with van der Waals surface area (Å²) in [7, 11) is 0. The first kappa shape index (κ1) is 12.2. The Hall–Kier alpha value is -0.870. The van der Waals surface area contributed by atoms with E-state index >= 15 is 0 Å². The molecule has 2 N–H and O–H groups in total. The van der Waals surface area contributed by atoms with Gasteiger partial charge in [-0.2, -0.15) is 5.10 Å². The maximum Gasteiger partial charge on any atom is 0.0839 e. The molecule has 1 aromatic heterocycles. The number of nitrogens with one attached hydrogen (secondary N) is 1. The monoisotopic (exact) mass is 249 g/mol. The largest absolute Gasteiger partial charge is 0.388 e. The predicted octanol–water partition coefficient (Wildman–Crippen LogP) is 1.66. The molecule has 0 amide bonds. The lowest BCUT2D eigenvalue weighted by Gasteiger charge is -2.22. The van der Waals surface area contributed by atoms with Crippen LogP contribution in [0.1, 0.15) is 50.3 Å². The van der Waals surface area contributed by atoms with Crippen LogP contribution in [-0.2, 0) is 6.42 Å². The molecule has 4 heteroatoms. The number of nitrogens with zero attached hydrogens (tertiary/aromatic N) is 2. The van der Waals surface area contributed by atoms with E-state index in [4.69, 9.17) is 0 Å². The second kappa shape index (κ2) is 5.02. The second-order valence-electron chi connectivity index (χ2n) is 5.91. The molecule has 18 heavy (non-hydrogen) atoms. The number of hydrogen-bond acceptors (Lipinski definition) is 3. The maximum atomic E-state index is 10.4. The lowest BCUT2D eigenvalue weighted by molar-refractivity contribution is 0.0606. The van der Waals surface area contributed by atoms with Crippen molar-refractivity contribution in [1.82, 2.24) is 15.1 Å². The maximum absolute atomic E-state index is 10.4. The third-order valence-corrected chi connectivity index (χ3v) is 4.34. The van der Waals surface area contributed by atoms with Crippen LogP contribution in [0.5, 0.6) is 0 Å². The minimum Gasteiger partial charge on any atom is -0.388 e. The molecule has 1 saturated heterocycles. The van der Waals surface area contributed by atoms with Crippen LogP contribution < -0.4 is 5.32 Å². The summed E-state index contributed by atoms with van der Waals surface area (Å²) >= 11 is 0. The third kappa shape index (κ3) is 2.59. The molecule has 0 aromatic carbocycles. The Balaban J connectivity index is 1.65. The molecular formula is C14H23N3O. The number of β-amino-alcohol motifs (C(OH)–C–C–N with tert-alkyl or cyclic N) is 1. The second-order valence-corrected chi connectivity index (χ2v) is 5.91. The molecule has 100 valence electrons. The molecule has 0 bridgehead atoms. The molecule has 3 rings (SSSR count). The minimum atomic E-state index is -0.578. The Bertz CT molecular complexity index is 389. The molecule has 1 atom stereocenters. The number of aromatic nitrogens is 2. The van der Waals surface area contributed by atoms with Gasteiger partial charge in [-0.1, -0.05) is 19.3 Å². The SMILES string of the molecule is OC1(Cc2ccn(C3CCCCC3)n2)CCNC1. The molecular weight excluding hydrogens is 226 g/mol. The Morgan fingerprint density at radius 2 is 2.22 bits per heavy atom. The van der Waals surface area contributed by atoms with E-state index in [0.717, 1.165) is 18.7 Å². The van der Waals surface area contributed by atoms with Gasteiger partial charge in [0.05, 0.1) is 17.3 Å². The fourth-order valence-electron chi connectivity index (χ4n) is 3.24. The van der Waals surface area contributed by atoms with E-state index in [1.165, 1.54) is 32.1 Å². The smallest absolute Gasteiger partial charge is 0.0839 e. The van der Waals surface area contributed by atoms with Crippen LogP contribution in [-0.4, -0.2) is 33.6 Å². The number of rotatable bonds is 3.